The molecular weight excluding hydrogens is 150 g/mol. The standard InChI is InChI=1S/C9H21N3/c1-6-8(4)9(7(2)3)11-12(5)10/h7-8H,6,10H2,1-5H3/b11-9-. The van der Waals surface area contributed by atoms with Gasteiger partial charge in [0.25, 0.3) is 0 Å². The Bertz CT molecular complexity index is 150. The van der Waals surface area contributed by atoms with Crippen molar-refractivity contribution in [2.24, 2.45) is 22.8 Å². The van der Waals surface area contributed by atoms with E-state index in [0.717, 1.165) is 6.42 Å². The third-order valence-electron chi connectivity index (χ3n) is 1.98. The van der Waals surface area contributed by atoms with Crippen LogP contribution in [0.2, 0.25) is 0 Å². The number of rotatable bonds is 4. The largest absolute Gasteiger partial charge is 0.236 e. The first-order valence-corrected chi connectivity index (χ1v) is 4.55. The second-order valence-electron chi connectivity index (χ2n) is 3.56. The number of hydrogen-bond acceptors (Lipinski definition) is 3. The van der Waals surface area contributed by atoms with Crippen LogP contribution < -0.4 is 5.84 Å². The lowest BCUT2D eigenvalue weighted by molar-refractivity contribution is 0.364. The Morgan fingerprint density at radius 3 is 2.17 bits per heavy atom. The van der Waals surface area contributed by atoms with E-state index in [-0.39, 0.29) is 0 Å². The molecule has 2 N–H and O–H groups in total. The van der Waals surface area contributed by atoms with Crippen molar-refractivity contribution < 1.29 is 0 Å². The molecule has 0 aliphatic heterocycles. The maximum absolute atomic E-state index is 5.47. The second-order valence-corrected chi connectivity index (χ2v) is 3.56. The van der Waals surface area contributed by atoms with Crippen molar-refractivity contribution in [2.75, 3.05) is 7.05 Å². The SMILES string of the molecule is CCC(C)/C(=N\N(C)N)C(C)C. The normalized spacial score (nSPS) is 15.1. The lowest BCUT2D eigenvalue weighted by Gasteiger charge is -2.18. The van der Waals surface area contributed by atoms with Gasteiger partial charge in [0, 0.05) is 12.8 Å². The summed E-state index contributed by atoms with van der Waals surface area (Å²) in [7, 11) is 1.75. The highest BCUT2D eigenvalue weighted by Crippen LogP contribution is 2.12. The maximum atomic E-state index is 5.47. The molecule has 0 heterocycles. The summed E-state index contributed by atoms with van der Waals surface area (Å²) in [6.07, 6.45) is 1.12. The average molecular weight is 171 g/mol. The Hall–Kier alpha value is -0.570. The number of hydrogen-bond donors (Lipinski definition) is 1. The van der Waals surface area contributed by atoms with Gasteiger partial charge in [-0.25, -0.2) is 11.0 Å². The molecule has 1 unspecified atom stereocenters. The zero-order valence-electron chi connectivity index (χ0n) is 8.83. The summed E-state index contributed by atoms with van der Waals surface area (Å²) in [6.45, 7) is 8.64. The highest BCUT2D eigenvalue weighted by molar-refractivity contribution is 5.87. The predicted molar refractivity (Wildman–Crippen MR) is 53.7 cm³/mol. The van der Waals surface area contributed by atoms with Crippen LogP contribution >= 0.6 is 0 Å². The van der Waals surface area contributed by atoms with Crippen molar-refractivity contribution in [3.8, 4) is 0 Å². The van der Waals surface area contributed by atoms with E-state index in [1.54, 1.807) is 7.05 Å². The van der Waals surface area contributed by atoms with Crippen LogP contribution in [-0.2, 0) is 0 Å². The summed E-state index contributed by atoms with van der Waals surface area (Å²) in [5.74, 6) is 6.47. The first kappa shape index (κ1) is 11.4. The topological polar surface area (TPSA) is 41.6 Å². The lowest BCUT2D eigenvalue weighted by Crippen LogP contribution is -2.26. The van der Waals surface area contributed by atoms with E-state index in [1.807, 2.05) is 0 Å². The molecule has 0 rings (SSSR count). The Balaban J connectivity index is 4.43. The Labute approximate surface area is 75.6 Å². The molecule has 0 bridgehead atoms. The minimum Gasteiger partial charge on any atom is -0.236 e. The molecule has 3 heteroatoms. The first-order chi connectivity index (χ1) is 5.49. The van der Waals surface area contributed by atoms with Crippen LogP contribution in [0.25, 0.3) is 0 Å². The van der Waals surface area contributed by atoms with Crippen molar-refractivity contribution in [3.63, 3.8) is 0 Å². The van der Waals surface area contributed by atoms with Gasteiger partial charge in [-0.1, -0.05) is 27.7 Å². The first-order valence-electron chi connectivity index (χ1n) is 4.55. The minimum absolute atomic E-state index is 0.478. The summed E-state index contributed by atoms with van der Waals surface area (Å²) in [5.41, 5.74) is 1.18. The van der Waals surface area contributed by atoms with Gasteiger partial charge in [-0.15, -0.1) is 0 Å². The molecule has 72 valence electrons. The average Bonchev–Trinajstić information content (AvgIpc) is 1.98. The Morgan fingerprint density at radius 1 is 1.42 bits per heavy atom. The molecule has 0 spiro atoms. The number of hydrazine groups is 1. The van der Waals surface area contributed by atoms with Crippen LogP contribution in [0.4, 0.5) is 0 Å². The van der Waals surface area contributed by atoms with Crippen LogP contribution in [0.15, 0.2) is 5.10 Å². The van der Waals surface area contributed by atoms with Gasteiger partial charge in [0.2, 0.25) is 0 Å². The molecule has 0 aromatic carbocycles. The smallest absolute Gasteiger partial charge is 0.0449 e. The van der Waals surface area contributed by atoms with Crippen molar-refractivity contribution in [1.29, 1.82) is 0 Å². The van der Waals surface area contributed by atoms with Gasteiger partial charge in [0.15, 0.2) is 0 Å². The van der Waals surface area contributed by atoms with Gasteiger partial charge < -0.3 is 0 Å². The highest BCUT2D eigenvalue weighted by atomic mass is 15.6. The second kappa shape index (κ2) is 5.14. The molecule has 1 atom stereocenters. The van der Waals surface area contributed by atoms with Crippen LogP contribution in [0.5, 0.6) is 0 Å². The molecule has 0 aliphatic carbocycles. The summed E-state index contributed by atoms with van der Waals surface area (Å²) >= 11 is 0. The van der Waals surface area contributed by atoms with E-state index in [0.29, 0.717) is 11.8 Å². The Morgan fingerprint density at radius 2 is 1.92 bits per heavy atom. The molecule has 3 nitrogen and oxygen atoms in total. The van der Waals surface area contributed by atoms with Crippen molar-refractivity contribution >= 4 is 5.71 Å². The van der Waals surface area contributed by atoms with E-state index >= 15 is 0 Å². The molecule has 0 saturated carbocycles. The number of hydrazone groups is 1. The summed E-state index contributed by atoms with van der Waals surface area (Å²) < 4.78 is 0. The van der Waals surface area contributed by atoms with E-state index in [9.17, 15) is 0 Å². The van der Waals surface area contributed by atoms with Gasteiger partial charge in [-0.3, -0.25) is 0 Å². The van der Waals surface area contributed by atoms with Gasteiger partial charge in [-0.05, 0) is 18.3 Å². The van der Waals surface area contributed by atoms with Gasteiger partial charge in [0.05, 0.1) is 0 Å². The lowest BCUT2D eigenvalue weighted by atomic mass is 9.94. The predicted octanol–water partition coefficient (Wildman–Crippen LogP) is 1.85. The van der Waals surface area contributed by atoms with E-state index in [4.69, 9.17) is 5.84 Å². The molecule has 0 amide bonds. The Kier molecular flexibility index (Phi) is 4.90. The third-order valence-corrected chi connectivity index (χ3v) is 1.98. The van der Waals surface area contributed by atoms with E-state index < -0.39 is 0 Å². The van der Waals surface area contributed by atoms with Gasteiger partial charge in [-0.2, -0.15) is 5.10 Å². The van der Waals surface area contributed by atoms with E-state index in [1.165, 1.54) is 10.8 Å². The number of nitrogens with zero attached hydrogens (tertiary/aromatic N) is 2. The highest BCUT2D eigenvalue weighted by Gasteiger charge is 2.12. The minimum atomic E-state index is 0.478. The molecule has 0 aromatic rings. The maximum Gasteiger partial charge on any atom is 0.0449 e. The molecule has 12 heavy (non-hydrogen) atoms. The summed E-state index contributed by atoms with van der Waals surface area (Å²) in [5, 5.41) is 5.67. The van der Waals surface area contributed by atoms with Gasteiger partial charge >= 0.3 is 0 Å². The van der Waals surface area contributed by atoms with Crippen LogP contribution in [-0.4, -0.2) is 17.9 Å². The van der Waals surface area contributed by atoms with E-state index in [2.05, 4.69) is 32.8 Å². The zero-order chi connectivity index (χ0) is 9.72. The zero-order valence-corrected chi connectivity index (χ0v) is 8.83. The fourth-order valence-corrected chi connectivity index (χ4v) is 1.17. The van der Waals surface area contributed by atoms with Gasteiger partial charge in [0.1, 0.15) is 0 Å². The molecule has 0 aliphatic rings. The fraction of sp³-hybridized carbons (Fsp3) is 0.889. The molecule has 0 fully saturated rings. The van der Waals surface area contributed by atoms with Crippen LogP contribution in [0.1, 0.15) is 34.1 Å². The summed E-state index contributed by atoms with van der Waals surface area (Å²) in [6, 6.07) is 0. The van der Waals surface area contributed by atoms with Crippen molar-refractivity contribution in [2.45, 2.75) is 34.1 Å². The molecule has 0 radical (unpaired) electrons. The quantitative estimate of drug-likeness (QED) is 0.398. The van der Waals surface area contributed by atoms with Crippen molar-refractivity contribution in [3.05, 3.63) is 0 Å². The van der Waals surface area contributed by atoms with Crippen LogP contribution in [0.3, 0.4) is 0 Å². The fourth-order valence-electron chi connectivity index (χ4n) is 1.17. The number of nitrogens with two attached hydrogens (primary N) is 1. The molecule has 0 saturated heterocycles. The monoisotopic (exact) mass is 171 g/mol. The van der Waals surface area contributed by atoms with Crippen LogP contribution in [0, 0.1) is 11.8 Å². The van der Waals surface area contributed by atoms with Crippen molar-refractivity contribution in [1.82, 2.24) is 5.12 Å². The molecular formula is C9H21N3. The third kappa shape index (κ3) is 3.72. The summed E-state index contributed by atoms with van der Waals surface area (Å²) in [4.78, 5) is 0. The molecule has 0 aromatic heterocycles.